The van der Waals surface area contributed by atoms with Crippen LogP contribution in [0.4, 0.5) is 0 Å². The van der Waals surface area contributed by atoms with E-state index >= 15 is 0 Å². The molecule has 0 radical (unpaired) electrons. The van der Waals surface area contributed by atoms with E-state index < -0.39 is 5.41 Å². The molecular formula is C64H40. The summed E-state index contributed by atoms with van der Waals surface area (Å²) in [4.78, 5) is 0. The highest BCUT2D eigenvalue weighted by Gasteiger charge is 2.54. The first-order valence-corrected chi connectivity index (χ1v) is 22.7. The summed E-state index contributed by atoms with van der Waals surface area (Å²) < 4.78 is 0. The van der Waals surface area contributed by atoms with Crippen molar-refractivity contribution < 1.29 is 0 Å². The zero-order chi connectivity index (χ0) is 42.1. The van der Waals surface area contributed by atoms with Crippen LogP contribution < -0.4 is 0 Å². The Morgan fingerprint density at radius 3 is 1.31 bits per heavy atom. The zero-order valence-corrected chi connectivity index (χ0v) is 35.6. The first-order chi connectivity index (χ1) is 31.5. The Labute approximate surface area is 371 Å². The normalized spacial score (nSPS) is 14.7. The molecule has 0 nitrogen and oxygen atoms in total. The van der Waals surface area contributed by atoms with E-state index in [4.69, 9.17) is 0 Å². The number of hydrogen-bond donors (Lipinski definition) is 0. The van der Waals surface area contributed by atoms with Gasteiger partial charge in [-0.05, 0) is 154 Å². The van der Waals surface area contributed by atoms with Gasteiger partial charge >= 0.3 is 0 Å². The van der Waals surface area contributed by atoms with Crippen molar-refractivity contribution in [2.75, 3.05) is 0 Å². The van der Waals surface area contributed by atoms with Gasteiger partial charge < -0.3 is 0 Å². The van der Waals surface area contributed by atoms with E-state index in [-0.39, 0.29) is 5.41 Å². The monoisotopic (exact) mass is 808 g/mol. The van der Waals surface area contributed by atoms with Gasteiger partial charge in [0.15, 0.2) is 0 Å². The molecule has 15 rings (SSSR count). The molecule has 0 amide bonds. The molecule has 0 aromatic heterocycles. The van der Waals surface area contributed by atoms with Crippen LogP contribution in [0.2, 0.25) is 0 Å². The molecule has 1 spiro atoms. The fraction of sp³-hybridized carbons (Fsp3) is 0.0625. The molecular weight excluding hydrogens is 769 g/mol. The molecule has 0 heterocycles. The first kappa shape index (κ1) is 34.7. The van der Waals surface area contributed by atoms with E-state index in [1.165, 1.54) is 142 Å². The molecule has 13 aromatic carbocycles. The van der Waals surface area contributed by atoms with Crippen LogP contribution in [0.3, 0.4) is 0 Å². The minimum absolute atomic E-state index is 0.198. The van der Waals surface area contributed by atoms with E-state index in [1.54, 1.807) is 0 Å². The number of hydrogen-bond acceptors (Lipinski definition) is 0. The first-order valence-electron chi connectivity index (χ1n) is 22.7. The molecule has 2 aliphatic carbocycles. The van der Waals surface area contributed by atoms with Gasteiger partial charge in [0.05, 0.1) is 5.41 Å². The van der Waals surface area contributed by atoms with Crippen molar-refractivity contribution in [3.8, 4) is 33.4 Å². The maximum atomic E-state index is 2.62. The van der Waals surface area contributed by atoms with Crippen LogP contribution in [0.25, 0.3) is 109 Å². The van der Waals surface area contributed by atoms with E-state index in [2.05, 4.69) is 220 Å². The van der Waals surface area contributed by atoms with Crippen molar-refractivity contribution in [2.45, 2.75) is 24.7 Å². The predicted molar refractivity (Wildman–Crippen MR) is 272 cm³/mol. The van der Waals surface area contributed by atoms with Gasteiger partial charge in [-0.15, -0.1) is 0 Å². The summed E-state index contributed by atoms with van der Waals surface area (Å²) in [5.74, 6) is 0. The predicted octanol–water partition coefficient (Wildman–Crippen LogP) is 17.0. The second-order valence-electron chi connectivity index (χ2n) is 19.1. The van der Waals surface area contributed by atoms with Crippen LogP contribution in [-0.4, -0.2) is 0 Å². The maximum absolute atomic E-state index is 2.62. The standard InChI is InChI=1S/C64H40/c1-63(2)52-17-5-7-19-54(52)64(55-20-8-6-18-53(55)63)56-35-43(44-30-25-41-23-21-37-11-9-13-39-27-32-48(44)60(41)58(37)39)29-34-50(56)62-47-16-4-3-15-45(47)51(36-57(62)64)46-31-26-42-24-22-38-12-10-14-40-28-33-49(46)61(42)59(38)40/h3-36H,1-2H3. The van der Waals surface area contributed by atoms with E-state index in [0.29, 0.717) is 0 Å². The van der Waals surface area contributed by atoms with Crippen LogP contribution in [-0.2, 0) is 10.8 Å². The molecule has 2 aliphatic rings. The molecule has 0 atom stereocenters. The number of fused-ring (bicyclic) bond motifs is 11. The summed E-state index contributed by atoms with van der Waals surface area (Å²) in [6.07, 6.45) is 0. The summed E-state index contributed by atoms with van der Waals surface area (Å²) in [6.45, 7) is 4.85. The van der Waals surface area contributed by atoms with Crippen LogP contribution in [0.15, 0.2) is 206 Å². The molecule has 0 N–H and O–H groups in total. The van der Waals surface area contributed by atoms with Crippen molar-refractivity contribution in [1.29, 1.82) is 0 Å². The molecule has 0 heteroatoms. The zero-order valence-electron chi connectivity index (χ0n) is 35.6. The lowest BCUT2D eigenvalue weighted by Gasteiger charge is -2.46. The van der Waals surface area contributed by atoms with Crippen LogP contribution in [0, 0.1) is 0 Å². The van der Waals surface area contributed by atoms with Gasteiger partial charge in [-0.1, -0.05) is 208 Å². The minimum atomic E-state index is -0.574. The Morgan fingerprint density at radius 2 is 0.719 bits per heavy atom. The van der Waals surface area contributed by atoms with Gasteiger partial charge in [0.2, 0.25) is 0 Å². The van der Waals surface area contributed by atoms with Gasteiger partial charge in [-0.3, -0.25) is 0 Å². The second kappa shape index (κ2) is 12.0. The lowest BCUT2D eigenvalue weighted by atomic mass is 9.55. The maximum Gasteiger partial charge on any atom is 0.0720 e. The summed E-state index contributed by atoms with van der Waals surface area (Å²) in [5, 5.41) is 18.3. The molecule has 64 heavy (non-hydrogen) atoms. The molecule has 13 aromatic rings. The lowest BCUT2D eigenvalue weighted by Crippen LogP contribution is -2.40. The van der Waals surface area contributed by atoms with Crippen LogP contribution in [0.1, 0.15) is 47.2 Å². The van der Waals surface area contributed by atoms with Gasteiger partial charge in [0.1, 0.15) is 0 Å². The minimum Gasteiger partial charge on any atom is -0.0619 e. The summed E-state index contributed by atoms with van der Waals surface area (Å²) in [6, 6.07) is 79.4. The van der Waals surface area contributed by atoms with Crippen molar-refractivity contribution in [3.05, 3.63) is 240 Å². The SMILES string of the molecule is CC1(C)c2ccccc2C2(c3cc(-c4ccc5ccc6cccc7ccc4c5c67)ccc3-c3c2cc(-c2ccc4ccc5cccc6ccc2c4c56)c2ccccc32)c2ccccc21. The van der Waals surface area contributed by atoms with Crippen LogP contribution in [0.5, 0.6) is 0 Å². The van der Waals surface area contributed by atoms with E-state index in [1.807, 2.05) is 0 Å². The van der Waals surface area contributed by atoms with Crippen molar-refractivity contribution in [2.24, 2.45) is 0 Å². The number of rotatable bonds is 2. The van der Waals surface area contributed by atoms with Gasteiger partial charge in [-0.2, -0.15) is 0 Å². The quantitative estimate of drug-likeness (QED) is 0.153. The molecule has 0 saturated carbocycles. The van der Waals surface area contributed by atoms with Crippen molar-refractivity contribution >= 4 is 75.4 Å². The average molecular weight is 809 g/mol. The highest BCUT2D eigenvalue weighted by atomic mass is 14.5. The fourth-order valence-electron chi connectivity index (χ4n) is 13.1. The third-order valence-corrected chi connectivity index (χ3v) is 15.8. The molecule has 0 saturated heterocycles. The van der Waals surface area contributed by atoms with Gasteiger partial charge in [0, 0.05) is 5.41 Å². The Kier molecular flexibility index (Phi) is 6.52. The third kappa shape index (κ3) is 4.15. The lowest BCUT2D eigenvalue weighted by molar-refractivity contribution is 0.563. The highest BCUT2D eigenvalue weighted by molar-refractivity contribution is 6.27. The molecule has 0 unspecified atom stereocenters. The topological polar surface area (TPSA) is 0 Å². The molecule has 0 bridgehead atoms. The van der Waals surface area contributed by atoms with Crippen molar-refractivity contribution in [3.63, 3.8) is 0 Å². The Bertz CT molecular complexity index is 4080. The number of benzene rings is 13. The highest BCUT2D eigenvalue weighted by Crippen LogP contribution is 2.64. The smallest absolute Gasteiger partial charge is 0.0619 e. The molecule has 0 fully saturated rings. The van der Waals surface area contributed by atoms with E-state index in [0.717, 1.165) is 0 Å². The molecule has 0 aliphatic heterocycles. The Balaban J connectivity index is 1.09. The average Bonchev–Trinajstić information content (AvgIpc) is 3.64. The third-order valence-electron chi connectivity index (χ3n) is 15.8. The largest absolute Gasteiger partial charge is 0.0720 e. The van der Waals surface area contributed by atoms with Crippen molar-refractivity contribution in [1.82, 2.24) is 0 Å². The Hall–Kier alpha value is -7.80. The summed E-state index contributed by atoms with van der Waals surface area (Å²) in [7, 11) is 0. The summed E-state index contributed by atoms with van der Waals surface area (Å²) in [5.41, 5.74) is 15.2. The van der Waals surface area contributed by atoms with E-state index in [9.17, 15) is 0 Å². The van der Waals surface area contributed by atoms with Gasteiger partial charge in [0.25, 0.3) is 0 Å². The fourth-order valence-corrected chi connectivity index (χ4v) is 13.1. The summed E-state index contributed by atoms with van der Waals surface area (Å²) >= 11 is 0. The second-order valence-corrected chi connectivity index (χ2v) is 19.1. The van der Waals surface area contributed by atoms with Crippen LogP contribution >= 0.6 is 0 Å². The Morgan fingerprint density at radius 1 is 0.266 bits per heavy atom. The van der Waals surface area contributed by atoms with Gasteiger partial charge in [-0.25, -0.2) is 0 Å². The molecule has 296 valence electrons.